The number of thiophene rings is 1. The Morgan fingerprint density at radius 3 is 2.83 bits per heavy atom. The normalized spacial score (nSPS) is 10.9. The van der Waals surface area contributed by atoms with Gasteiger partial charge in [0.15, 0.2) is 11.2 Å². The van der Waals surface area contributed by atoms with Crippen LogP contribution in [0.5, 0.6) is 5.75 Å². The predicted molar refractivity (Wildman–Crippen MR) is 72.2 cm³/mol. The van der Waals surface area contributed by atoms with E-state index in [1.165, 1.54) is 23.5 Å². The molecular formula is C14H10O3S. The summed E-state index contributed by atoms with van der Waals surface area (Å²) in [6.45, 7) is 1.76. The fourth-order valence-electron chi connectivity index (χ4n) is 1.92. The fraction of sp³-hybridized carbons (Fsp3) is 0.0714. The van der Waals surface area contributed by atoms with Crippen molar-refractivity contribution in [2.24, 2.45) is 0 Å². The molecule has 0 saturated carbocycles. The summed E-state index contributed by atoms with van der Waals surface area (Å²) in [7, 11) is 0. The molecule has 0 radical (unpaired) electrons. The van der Waals surface area contributed by atoms with E-state index in [-0.39, 0.29) is 11.2 Å². The van der Waals surface area contributed by atoms with Crippen molar-refractivity contribution >= 4 is 22.3 Å². The third kappa shape index (κ3) is 1.62. The maximum atomic E-state index is 12.2. The van der Waals surface area contributed by atoms with Crippen molar-refractivity contribution in [3.05, 3.63) is 51.5 Å². The van der Waals surface area contributed by atoms with Crippen LogP contribution < -0.4 is 5.43 Å². The molecule has 4 heteroatoms. The van der Waals surface area contributed by atoms with Gasteiger partial charge in [-0.05, 0) is 30.5 Å². The van der Waals surface area contributed by atoms with E-state index in [9.17, 15) is 9.90 Å². The second kappa shape index (κ2) is 3.99. The van der Waals surface area contributed by atoms with Gasteiger partial charge in [0.2, 0.25) is 0 Å². The van der Waals surface area contributed by atoms with Gasteiger partial charge in [0, 0.05) is 11.6 Å². The molecule has 0 unspecified atom stereocenters. The first kappa shape index (κ1) is 11.0. The van der Waals surface area contributed by atoms with E-state index in [1.807, 2.05) is 17.5 Å². The zero-order chi connectivity index (χ0) is 12.7. The van der Waals surface area contributed by atoms with Gasteiger partial charge in [0.05, 0.1) is 10.3 Å². The number of phenolic OH excluding ortho intramolecular Hbond substituents is 1. The summed E-state index contributed by atoms with van der Waals surface area (Å²) in [6, 6.07) is 8.36. The van der Waals surface area contributed by atoms with E-state index >= 15 is 0 Å². The minimum absolute atomic E-state index is 0.0559. The van der Waals surface area contributed by atoms with Crippen molar-refractivity contribution in [2.45, 2.75) is 6.92 Å². The molecule has 90 valence electrons. The molecule has 0 aliphatic heterocycles. The molecule has 1 N–H and O–H groups in total. The lowest BCUT2D eigenvalue weighted by Crippen LogP contribution is -2.06. The molecule has 0 aliphatic carbocycles. The van der Waals surface area contributed by atoms with Crippen LogP contribution in [0.1, 0.15) is 5.56 Å². The van der Waals surface area contributed by atoms with Gasteiger partial charge < -0.3 is 9.52 Å². The Bertz CT molecular complexity index is 770. The number of hydrogen-bond donors (Lipinski definition) is 1. The Balaban J connectivity index is 2.41. The largest absolute Gasteiger partial charge is 0.508 e. The van der Waals surface area contributed by atoms with E-state index in [1.54, 1.807) is 13.0 Å². The molecule has 0 aliphatic rings. The molecule has 0 spiro atoms. The highest BCUT2D eigenvalue weighted by molar-refractivity contribution is 7.13. The van der Waals surface area contributed by atoms with E-state index in [0.29, 0.717) is 22.3 Å². The smallest absolute Gasteiger partial charge is 0.196 e. The summed E-state index contributed by atoms with van der Waals surface area (Å²) in [4.78, 5) is 13.1. The molecule has 0 atom stereocenters. The Kier molecular flexibility index (Phi) is 2.45. The Morgan fingerprint density at radius 1 is 1.28 bits per heavy atom. The van der Waals surface area contributed by atoms with Gasteiger partial charge in [-0.25, -0.2) is 0 Å². The third-order valence-electron chi connectivity index (χ3n) is 2.85. The van der Waals surface area contributed by atoms with Gasteiger partial charge in [0.25, 0.3) is 0 Å². The van der Waals surface area contributed by atoms with Crippen LogP contribution in [0, 0.1) is 6.92 Å². The second-order valence-electron chi connectivity index (χ2n) is 4.04. The summed E-state index contributed by atoms with van der Waals surface area (Å²) in [5, 5.41) is 11.9. The van der Waals surface area contributed by atoms with Crippen molar-refractivity contribution < 1.29 is 9.52 Å². The standard InChI is InChI=1S/C14H10O3S/c1-8-13(16)10-5-4-9(15)7-11(10)17-14(8)12-3-2-6-18-12/h2-7,15H,1H3. The molecule has 0 fully saturated rings. The number of benzene rings is 1. The van der Waals surface area contributed by atoms with Crippen molar-refractivity contribution in [1.82, 2.24) is 0 Å². The van der Waals surface area contributed by atoms with E-state index in [4.69, 9.17) is 4.42 Å². The number of phenols is 1. The minimum Gasteiger partial charge on any atom is -0.508 e. The highest BCUT2D eigenvalue weighted by Crippen LogP contribution is 2.30. The number of fused-ring (bicyclic) bond motifs is 1. The number of hydrogen-bond acceptors (Lipinski definition) is 4. The van der Waals surface area contributed by atoms with Crippen LogP contribution in [-0.4, -0.2) is 5.11 Å². The lowest BCUT2D eigenvalue weighted by atomic mass is 10.1. The summed E-state index contributed by atoms with van der Waals surface area (Å²) in [5.74, 6) is 0.666. The van der Waals surface area contributed by atoms with Crippen LogP contribution in [0.4, 0.5) is 0 Å². The molecule has 0 amide bonds. The minimum atomic E-state index is -0.0559. The van der Waals surface area contributed by atoms with E-state index < -0.39 is 0 Å². The molecule has 0 bridgehead atoms. The van der Waals surface area contributed by atoms with Crippen LogP contribution in [0.2, 0.25) is 0 Å². The molecule has 3 nitrogen and oxygen atoms in total. The first-order valence-corrected chi connectivity index (χ1v) is 6.35. The van der Waals surface area contributed by atoms with Gasteiger partial charge in [-0.2, -0.15) is 0 Å². The first-order valence-electron chi connectivity index (χ1n) is 5.47. The second-order valence-corrected chi connectivity index (χ2v) is 4.99. The fourth-order valence-corrected chi connectivity index (χ4v) is 2.68. The Hall–Kier alpha value is -2.07. The van der Waals surface area contributed by atoms with Gasteiger partial charge in [-0.1, -0.05) is 6.07 Å². The quantitative estimate of drug-likeness (QED) is 0.726. The zero-order valence-electron chi connectivity index (χ0n) is 9.64. The summed E-state index contributed by atoms with van der Waals surface area (Å²) >= 11 is 1.52. The highest BCUT2D eigenvalue weighted by atomic mass is 32.1. The third-order valence-corrected chi connectivity index (χ3v) is 3.72. The molecular weight excluding hydrogens is 248 g/mol. The van der Waals surface area contributed by atoms with Crippen molar-refractivity contribution in [2.75, 3.05) is 0 Å². The summed E-state index contributed by atoms with van der Waals surface area (Å²) in [6.07, 6.45) is 0. The Labute approximate surface area is 107 Å². The van der Waals surface area contributed by atoms with Gasteiger partial charge in [-0.15, -0.1) is 11.3 Å². The summed E-state index contributed by atoms with van der Waals surface area (Å²) in [5.41, 5.74) is 0.948. The average molecular weight is 258 g/mol. The van der Waals surface area contributed by atoms with Gasteiger partial charge in [0.1, 0.15) is 11.3 Å². The van der Waals surface area contributed by atoms with Crippen LogP contribution in [-0.2, 0) is 0 Å². The van der Waals surface area contributed by atoms with Gasteiger partial charge in [-0.3, -0.25) is 4.79 Å². The topological polar surface area (TPSA) is 50.4 Å². The lowest BCUT2D eigenvalue weighted by molar-refractivity contribution is 0.474. The lowest BCUT2D eigenvalue weighted by Gasteiger charge is -2.05. The monoisotopic (exact) mass is 258 g/mol. The summed E-state index contributed by atoms with van der Waals surface area (Å²) < 4.78 is 5.75. The zero-order valence-corrected chi connectivity index (χ0v) is 10.5. The molecule has 3 rings (SSSR count). The molecule has 2 aromatic heterocycles. The molecule has 3 aromatic rings. The van der Waals surface area contributed by atoms with Crippen LogP contribution in [0.15, 0.2) is 44.9 Å². The number of rotatable bonds is 1. The maximum absolute atomic E-state index is 12.2. The SMILES string of the molecule is Cc1c(-c2cccs2)oc2cc(O)ccc2c1=O. The average Bonchev–Trinajstić information content (AvgIpc) is 2.87. The van der Waals surface area contributed by atoms with Crippen molar-refractivity contribution in [3.8, 4) is 16.4 Å². The molecule has 2 heterocycles. The van der Waals surface area contributed by atoms with Crippen molar-refractivity contribution in [3.63, 3.8) is 0 Å². The Morgan fingerprint density at radius 2 is 2.11 bits per heavy atom. The van der Waals surface area contributed by atoms with E-state index in [0.717, 1.165) is 4.88 Å². The van der Waals surface area contributed by atoms with Gasteiger partial charge >= 0.3 is 0 Å². The molecule has 0 saturated heterocycles. The molecule has 1 aromatic carbocycles. The van der Waals surface area contributed by atoms with Crippen LogP contribution in [0.25, 0.3) is 21.6 Å². The number of aromatic hydroxyl groups is 1. The first-order chi connectivity index (χ1) is 8.66. The van der Waals surface area contributed by atoms with Crippen molar-refractivity contribution in [1.29, 1.82) is 0 Å². The highest BCUT2D eigenvalue weighted by Gasteiger charge is 2.13. The molecule has 18 heavy (non-hydrogen) atoms. The van der Waals surface area contributed by atoms with E-state index in [2.05, 4.69) is 0 Å². The van der Waals surface area contributed by atoms with Crippen LogP contribution >= 0.6 is 11.3 Å². The maximum Gasteiger partial charge on any atom is 0.196 e. The van der Waals surface area contributed by atoms with Crippen LogP contribution in [0.3, 0.4) is 0 Å². The predicted octanol–water partition coefficient (Wildman–Crippen LogP) is 3.54.